The van der Waals surface area contributed by atoms with Crippen LogP contribution in [0.2, 0.25) is 0 Å². The Labute approximate surface area is 55.6 Å². The van der Waals surface area contributed by atoms with Gasteiger partial charge in [0.05, 0.1) is 6.10 Å². The van der Waals surface area contributed by atoms with Gasteiger partial charge in [-0.3, -0.25) is 0 Å². The zero-order valence-corrected chi connectivity index (χ0v) is 5.60. The fourth-order valence-electron chi connectivity index (χ4n) is 1.78. The summed E-state index contributed by atoms with van der Waals surface area (Å²) in [6.45, 7) is 3.28. The molecule has 0 aliphatic carbocycles. The number of hydrogen-bond acceptors (Lipinski definition) is 2. The van der Waals surface area contributed by atoms with Crippen LogP contribution in [0.25, 0.3) is 0 Å². The smallest absolute Gasteiger partial charge is 0.0728 e. The van der Waals surface area contributed by atoms with E-state index in [0.717, 1.165) is 19.1 Å². The first kappa shape index (κ1) is 5.69. The van der Waals surface area contributed by atoms with Crippen molar-refractivity contribution in [3.8, 4) is 0 Å². The molecule has 2 saturated heterocycles. The fraction of sp³-hybridized carbons (Fsp3) is 1.00. The van der Waals surface area contributed by atoms with E-state index in [1.807, 2.05) is 0 Å². The van der Waals surface area contributed by atoms with Crippen molar-refractivity contribution in [2.45, 2.75) is 18.9 Å². The molecule has 2 aliphatic rings. The minimum absolute atomic E-state index is 0.554. The standard InChI is InChI=1S/C7H13NO/c1-3-8-5-7-6(1)2-4-9-7/h6-8H,1-5H2/t6?,7-/m0/s1. The second-order valence-electron chi connectivity index (χ2n) is 2.95. The van der Waals surface area contributed by atoms with E-state index in [2.05, 4.69) is 5.32 Å². The van der Waals surface area contributed by atoms with Crippen molar-refractivity contribution >= 4 is 0 Å². The summed E-state index contributed by atoms with van der Waals surface area (Å²) in [7, 11) is 0. The third-order valence-electron chi connectivity index (χ3n) is 2.38. The molecular formula is C7H13NO. The summed E-state index contributed by atoms with van der Waals surface area (Å²) in [5.41, 5.74) is 0. The molecule has 2 heterocycles. The largest absolute Gasteiger partial charge is 0.377 e. The van der Waals surface area contributed by atoms with E-state index in [4.69, 9.17) is 4.74 Å². The Balaban J connectivity index is 1.97. The molecule has 0 bridgehead atoms. The maximum atomic E-state index is 5.49. The van der Waals surface area contributed by atoms with Gasteiger partial charge in [0.15, 0.2) is 0 Å². The van der Waals surface area contributed by atoms with Gasteiger partial charge in [0.25, 0.3) is 0 Å². The van der Waals surface area contributed by atoms with Gasteiger partial charge in [-0.05, 0) is 25.3 Å². The van der Waals surface area contributed by atoms with E-state index < -0.39 is 0 Å². The first-order valence-electron chi connectivity index (χ1n) is 3.79. The van der Waals surface area contributed by atoms with Crippen molar-refractivity contribution < 1.29 is 4.74 Å². The van der Waals surface area contributed by atoms with Gasteiger partial charge in [0, 0.05) is 13.2 Å². The SMILES string of the molecule is C1CC2CCO[C@H]2CN1. The lowest BCUT2D eigenvalue weighted by molar-refractivity contribution is 0.0763. The molecule has 2 heteroatoms. The number of piperidine rings is 1. The highest BCUT2D eigenvalue weighted by atomic mass is 16.5. The molecule has 52 valence electrons. The molecule has 2 aliphatic heterocycles. The predicted molar refractivity (Wildman–Crippen MR) is 35.3 cm³/mol. The van der Waals surface area contributed by atoms with Gasteiger partial charge in [0.2, 0.25) is 0 Å². The van der Waals surface area contributed by atoms with E-state index in [0.29, 0.717) is 6.10 Å². The highest BCUT2D eigenvalue weighted by molar-refractivity contribution is 4.82. The molecule has 9 heavy (non-hydrogen) atoms. The van der Waals surface area contributed by atoms with E-state index >= 15 is 0 Å². The Morgan fingerprint density at radius 3 is 3.22 bits per heavy atom. The summed E-state index contributed by atoms with van der Waals surface area (Å²) in [6.07, 6.45) is 3.18. The second kappa shape index (κ2) is 2.27. The van der Waals surface area contributed by atoms with Gasteiger partial charge in [-0.25, -0.2) is 0 Å². The zero-order valence-electron chi connectivity index (χ0n) is 5.60. The molecular weight excluding hydrogens is 114 g/mol. The first-order chi connectivity index (χ1) is 4.47. The van der Waals surface area contributed by atoms with E-state index in [-0.39, 0.29) is 0 Å². The highest BCUT2D eigenvalue weighted by Crippen LogP contribution is 2.25. The van der Waals surface area contributed by atoms with Crippen LogP contribution in [0.1, 0.15) is 12.8 Å². The lowest BCUT2D eigenvalue weighted by atomic mass is 9.95. The van der Waals surface area contributed by atoms with Crippen LogP contribution in [0.4, 0.5) is 0 Å². The maximum absolute atomic E-state index is 5.49. The Morgan fingerprint density at radius 1 is 1.33 bits per heavy atom. The summed E-state index contributed by atoms with van der Waals surface area (Å²) in [5.74, 6) is 0.881. The molecule has 2 rings (SSSR count). The molecule has 1 N–H and O–H groups in total. The van der Waals surface area contributed by atoms with Crippen LogP contribution in [-0.2, 0) is 4.74 Å². The van der Waals surface area contributed by atoms with Crippen molar-refractivity contribution in [3.63, 3.8) is 0 Å². The average molecular weight is 127 g/mol. The Morgan fingerprint density at radius 2 is 2.33 bits per heavy atom. The molecule has 0 amide bonds. The summed E-state index contributed by atoms with van der Waals surface area (Å²) < 4.78 is 5.49. The van der Waals surface area contributed by atoms with Crippen molar-refractivity contribution in [1.82, 2.24) is 5.32 Å². The summed E-state index contributed by atoms with van der Waals surface area (Å²) in [6, 6.07) is 0. The molecule has 2 atom stereocenters. The molecule has 2 nitrogen and oxygen atoms in total. The van der Waals surface area contributed by atoms with Crippen molar-refractivity contribution in [2.75, 3.05) is 19.7 Å². The van der Waals surface area contributed by atoms with E-state index in [1.165, 1.54) is 19.4 Å². The average Bonchev–Trinajstić information content (AvgIpc) is 2.33. The highest BCUT2D eigenvalue weighted by Gasteiger charge is 2.29. The topological polar surface area (TPSA) is 21.3 Å². The van der Waals surface area contributed by atoms with Crippen molar-refractivity contribution in [1.29, 1.82) is 0 Å². The van der Waals surface area contributed by atoms with Crippen LogP contribution in [0.15, 0.2) is 0 Å². The Bertz CT molecular complexity index is 93.1. The molecule has 0 spiro atoms. The predicted octanol–water partition coefficient (Wildman–Crippen LogP) is 0.385. The third kappa shape index (κ3) is 0.970. The minimum atomic E-state index is 0.554. The monoisotopic (exact) mass is 127 g/mol. The molecule has 2 fully saturated rings. The number of nitrogens with one attached hydrogen (secondary N) is 1. The zero-order chi connectivity index (χ0) is 6.10. The number of hydrogen-bond donors (Lipinski definition) is 1. The van der Waals surface area contributed by atoms with E-state index in [1.54, 1.807) is 0 Å². The van der Waals surface area contributed by atoms with Gasteiger partial charge in [-0.15, -0.1) is 0 Å². The van der Waals surface area contributed by atoms with Crippen molar-refractivity contribution in [3.05, 3.63) is 0 Å². The van der Waals surface area contributed by atoms with Crippen LogP contribution < -0.4 is 5.32 Å². The van der Waals surface area contributed by atoms with Gasteiger partial charge in [-0.2, -0.15) is 0 Å². The normalized spacial score (nSPS) is 42.7. The van der Waals surface area contributed by atoms with Crippen LogP contribution in [0.3, 0.4) is 0 Å². The molecule has 0 aromatic carbocycles. The molecule has 1 unspecified atom stereocenters. The van der Waals surface area contributed by atoms with Crippen LogP contribution in [0, 0.1) is 5.92 Å². The number of fused-ring (bicyclic) bond motifs is 1. The summed E-state index contributed by atoms with van der Waals surface area (Å²) >= 11 is 0. The molecule has 0 aromatic rings. The second-order valence-corrected chi connectivity index (χ2v) is 2.95. The number of ether oxygens (including phenoxy) is 1. The maximum Gasteiger partial charge on any atom is 0.0728 e. The van der Waals surface area contributed by atoms with Crippen LogP contribution >= 0.6 is 0 Å². The van der Waals surface area contributed by atoms with Gasteiger partial charge in [-0.1, -0.05) is 0 Å². The summed E-state index contributed by atoms with van der Waals surface area (Å²) in [4.78, 5) is 0. The molecule has 0 saturated carbocycles. The lowest BCUT2D eigenvalue weighted by Gasteiger charge is -2.24. The lowest BCUT2D eigenvalue weighted by Crippen LogP contribution is -2.38. The Kier molecular flexibility index (Phi) is 1.44. The van der Waals surface area contributed by atoms with Gasteiger partial charge < -0.3 is 10.1 Å². The van der Waals surface area contributed by atoms with Crippen LogP contribution in [0.5, 0.6) is 0 Å². The molecule has 0 aromatic heterocycles. The quantitative estimate of drug-likeness (QED) is 0.508. The van der Waals surface area contributed by atoms with Gasteiger partial charge in [0.1, 0.15) is 0 Å². The molecule has 0 radical (unpaired) electrons. The van der Waals surface area contributed by atoms with Crippen LogP contribution in [-0.4, -0.2) is 25.8 Å². The summed E-state index contributed by atoms with van der Waals surface area (Å²) in [5, 5.41) is 3.33. The number of rotatable bonds is 0. The third-order valence-corrected chi connectivity index (χ3v) is 2.38. The fourth-order valence-corrected chi connectivity index (χ4v) is 1.78. The van der Waals surface area contributed by atoms with Crippen molar-refractivity contribution in [2.24, 2.45) is 5.92 Å². The minimum Gasteiger partial charge on any atom is -0.377 e. The first-order valence-corrected chi connectivity index (χ1v) is 3.79. The van der Waals surface area contributed by atoms with E-state index in [9.17, 15) is 0 Å². The Hall–Kier alpha value is -0.0800. The van der Waals surface area contributed by atoms with Gasteiger partial charge >= 0.3 is 0 Å².